The standard InChI is InChI=1S/C15H23NO3/c1-3-19-14-9-7-13(8-10-14)12(2)16-15(18)6-4-5-11-17/h7-10,12,17H,3-6,11H2,1-2H3,(H,16,18). The summed E-state index contributed by atoms with van der Waals surface area (Å²) in [5.74, 6) is 0.863. The Hall–Kier alpha value is -1.55. The second-order valence-electron chi connectivity index (χ2n) is 4.47. The molecule has 106 valence electrons. The highest BCUT2D eigenvalue weighted by Crippen LogP contribution is 2.17. The van der Waals surface area contributed by atoms with Crippen molar-refractivity contribution in [3.05, 3.63) is 29.8 Å². The topological polar surface area (TPSA) is 58.6 Å². The minimum absolute atomic E-state index is 0.0164. The van der Waals surface area contributed by atoms with E-state index in [9.17, 15) is 4.79 Å². The van der Waals surface area contributed by atoms with Crippen molar-refractivity contribution >= 4 is 5.91 Å². The van der Waals surface area contributed by atoms with Crippen molar-refractivity contribution in [1.82, 2.24) is 5.32 Å². The van der Waals surface area contributed by atoms with Gasteiger partial charge >= 0.3 is 0 Å². The molecule has 0 saturated carbocycles. The van der Waals surface area contributed by atoms with Crippen LogP contribution in [0.25, 0.3) is 0 Å². The number of carbonyl (C=O) groups excluding carboxylic acids is 1. The summed E-state index contributed by atoms with van der Waals surface area (Å²) < 4.78 is 5.38. The molecule has 0 saturated heterocycles. The molecule has 2 N–H and O–H groups in total. The number of benzene rings is 1. The highest BCUT2D eigenvalue weighted by Gasteiger charge is 2.09. The highest BCUT2D eigenvalue weighted by atomic mass is 16.5. The molecule has 1 rings (SSSR count). The molecular formula is C15H23NO3. The van der Waals surface area contributed by atoms with E-state index in [1.54, 1.807) is 0 Å². The van der Waals surface area contributed by atoms with E-state index in [1.165, 1.54) is 0 Å². The van der Waals surface area contributed by atoms with Crippen LogP contribution in [0.3, 0.4) is 0 Å². The fourth-order valence-electron chi connectivity index (χ4n) is 1.81. The molecule has 1 unspecified atom stereocenters. The van der Waals surface area contributed by atoms with E-state index in [0.29, 0.717) is 19.4 Å². The lowest BCUT2D eigenvalue weighted by Gasteiger charge is -2.15. The molecule has 0 fully saturated rings. The van der Waals surface area contributed by atoms with Gasteiger partial charge in [-0.2, -0.15) is 0 Å². The van der Waals surface area contributed by atoms with Gasteiger partial charge in [-0.1, -0.05) is 12.1 Å². The summed E-state index contributed by atoms with van der Waals surface area (Å²) >= 11 is 0. The van der Waals surface area contributed by atoms with Gasteiger partial charge in [0.05, 0.1) is 12.6 Å². The minimum atomic E-state index is -0.0164. The predicted molar refractivity (Wildman–Crippen MR) is 75.1 cm³/mol. The lowest BCUT2D eigenvalue weighted by atomic mass is 10.1. The maximum absolute atomic E-state index is 11.7. The van der Waals surface area contributed by atoms with Crippen molar-refractivity contribution in [2.45, 2.75) is 39.2 Å². The molecule has 0 aliphatic rings. The van der Waals surface area contributed by atoms with Crippen LogP contribution in [0.1, 0.15) is 44.7 Å². The van der Waals surface area contributed by atoms with E-state index in [1.807, 2.05) is 38.1 Å². The van der Waals surface area contributed by atoms with Crippen molar-refractivity contribution < 1.29 is 14.6 Å². The van der Waals surface area contributed by atoms with Crippen LogP contribution in [0, 0.1) is 0 Å². The van der Waals surface area contributed by atoms with Crippen molar-refractivity contribution in [2.24, 2.45) is 0 Å². The Morgan fingerprint density at radius 1 is 1.32 bits per heavy atom. The first-order valence-electron chi connectivity index (χ1n) is 6.80. The first-order chi connectivity index (χ1) is 9.17. The van der Waals surface area contributed by atoms with Gasteiger partial charge in [0, 0.05) is 13.0 Å². The van der Waals surface area contributed by atoms with E-state index in [4.69, 9.17) is 9.84 Å². The van der Waals surface area contributed by atoms with Gasteiger partial charge in [0.1, 0.15) is 5.75 Å². The quantitative estimate of drug-likeness (QED) is 0.710. The lowest BCUT2D eigenvalue weighted by Crippen LogP contribution is -2.26. The molecule has 1 aromatic rings. The van der Waals surface area contributed by atoms with Gasteiger partial charge in [0.15, 0.2) is 0 Å². The molecule has 0 bridgehead atoms. The van der Waals surface area contributed by atoms with Gasteiger partial charge in [0.25, 0.3) is 0 Å². The zero-order valence-corrected chi connectivity index (χ0v) is 11.7. The molecule has 1 amide bonds. The molecule has 4 nitrogen and oxygen atoms in total. The van der Waals surface area contributed by atoms with E-state index in [0.717, 1.165) is 17.7 Å². The molecule has 0 spiro atoms. The Balaban J connectivity index is 2.43. The SMILES string of the molecule is CCOc1ccc(C(C)NC(=O)CCCCO)cc1. The Morgan fingerprint density at radius 2 is 2.00 bits per heavy atom. The maximum atomic E-state index is 11.7. The zero-order valence-electron chi connectivity index (χ0n) is 11.7. The van der Waals surface area contributed by atoms with Gasteiger partial charge in [-0.05, 0) is 44.4 Å². The first kappa shape index (κ1) is 15.5. The van der Waals surface area contributed by atoms with Crippen LogP contribution in [0.15, 0.2) is 24.3 Å². The molecule has 0 aliphatic carbocycles. The molecule has 19 heavy (non-hydrogen) atoms. The van der Waals surface area contributed by atoms with Crippen LogP contribution in [0.2, 0.25) is 0 Å². The van der Waals surface area contributed by atoms with Crippen molar-refractivity contribution in [2.75, 3.05) is 13.2 Å². The highest BCUT2D eigenvalue weighted by molar-refractivity contribution is 5.76. The van der Waals surface area contributed by atoms with Crippen LogP contribution < -0.4 is 10.1 Å². The van der Waals surface area contributed by atoms with Gasteiger partial charge in [0.2, 0.25) is 5.91 Å². The molecule has 1 aromatic carbocycles. The number of ether oxygens (including phenoxy) is 1. The van der Waals surface area contributed by atoms with E-state index in [-0.39, 0.29) is 18.6 Å². The van der Waals surface area contributed by atoms with Crippen LogP contribution >= 0.6 is 0 Å². The van der Waals surface area contributed by atoms with Crippen molar-refractivity contribution in [1.29, 1.82) is 0 Å². The van der Waals surface area contributed by atoms with Crippen molar-refractivity contribution in [3.8, 4) is 5.75 Å². The Kier molecular flexibility index (Phi) is 6.97. The number of hydrogen-bond donors (Lipinski definition) is 2. The molecule has 0 radical (unpaired) electrons. The summed E-state index contributed by atoms with van der Waals surface area (Å²) in [5, 5.41) is 11.6. The fraction of sp³-hybridized carbons (Fsp3) is 0.533. The maximum Gasteiger partial charge on any atom is 0.220 e. The van der Waals surface area contributed by atoms with Gasteiger partial charge < -0.3 is 15.2 Å². The second-order valence-corrected chi connectivity index (χ2v) is 4.47. The number of aliphatic hydroxyl groups excluding tert-OH is 1. The average Bonchev–Trinajstić information content (AvgIpc) is 2.40. The van der Waals surface area contributed by atoms with E-state index in [2.05, 4.69) is 5.32 Å². The summed E-state index contributed by atoms with van der Waals surface area (Å²) in [6.07, 6.45) is 1.85. The summed E-state index contributed by atoms with van der Waals surface area (Å²) in [4.78, 5) is 11.7. The second kappa shape index (κ2) is 8.53. The smallest absolute Gasteiger partial charge is 0.220 e. The van der Waals surface area contributed by atoms with E-state index >= 15 is 0 Å². The number of nitrogens with one attached hydrogen (secondary N) is 1. The van der Waals surface area contributed by atoms with Crippen LogP contribution in [0.4, 0.5) is 0 Å². The third kappa shape index (κ3) is 5.75. The monoisotopic (exact) mass is 265 g/mol. The fourth-order valence-corrected chi connectivity index (χ4v) is 1.81. The Morgan fingerprint density at radius 3 is 2.58 bits per heavy atom. The van der Waals surface area contributed by atoms with Gasteiger partial charge in [-0.25, -0.2) is 0 Å². The third-order valence-electron chi connectivity index (χ3n) is 2.88. The number of amides is 1. The number of rotatable bonds is 8. The van der Waals surface area contributed by atoms with Gasteiger partial charge in [-0.3, -0.25) is 4.79 Å². The molecule has 0 aromatic heterocycles. The number of hydrogen-bond acceptors (Lipinski definition) is 3. The Bertz CT molecular complexity index is 375. The molecule has 1 atom stereocenters. The zero-order chi connectivity index (χ0) is 14.1. The molecule has 0 aliphatic heterocycles. The molecule has 4 heteroatoms. The average molecular weight is 265 g/mol. The first-order valence-corrected chi connectivity index (χ1v) is 6.80. The third-order valence-corrected chi connectivity index (χ3v) is 2.88. The predicted octanol–water partition coefficient (Wildman–Crippen LogP) is 2.43. The Labute approximate surface area is 114 Å². The van der Waals surface area contributed by atoms with Crippen LogP contribution in [-0.2, 0) is 4.79 Å². The largest absolute Gasteiger partial charge is 0.494 e. The number of aliphatic hydroxyl groups is 1. The molecule has 0 heterocycles. The van der Waals surface area contributed by atoms with Crippen molar-refractivity contribution in [3.63, 3.8) is 0 Å². The summed E-state index contributed by atoms with van der Waals surface area (Å²) in [6.45, 7) is 4.70. The number of unbranched alkanes of at least 4 members (excludes halogenated alkanes) is 1. The van der Waals surface area contributed by atoms with Crippen LogP contribution in [-0.4, -0.2) is 24.2 Å². The number of carbonyl (C=O) groups is 1. The van der Waals surface area contributed by atoms with Crippen LogP contribution in [0.5, 0.6) is 5.75 Å². The minimum Gasteiger partial charge on any atom is -0.494 e. The summed E-state index contributed by atoms with van der Waals surface area (Å²) in [7, 11) is 0. The summed E-state index contributed by atoms with van der Waals surface area (Å²) in [6, 6.07) is 7.73. The molecular weight excluding hydrogens is 242 g/mol. The van der Waals surface area contributed by atoms with E-state index < -0.39 is 0 Å². The normalized spacial score (nSPS) is 11.9. The lowest BCUT2D eigenvalue weighted by molar-refractivity contribution is -0.121. The summed E-state index contributed by atoms with van der Waals surface area (Å²) in [5.41, 5.74) is 1.05. The van der Waals surface area contributed by atoms with Gasteiger partial charge in [-0.15, -0.1) is 0 Å².